The van der Waals surface area contributed by atoms with Gasteiger partial charge in [0.1, 0.15) is 0 Å². The van der Waals surface area contributed by atoms with Crippen LogP contribution in [-0.2, 0) is 29.5 Å². The summed E-state index contributed by atoms with van der Waals surface area (Å²) in [7, 11) is -1.26. The summed E-state index contributed by atoms with van der Waals surface area (Å²) in [4.78, 5) is 6.42. The molecule has 6 heteroatoms. The van der Waals surface area contributed by atoms with Crippen molar-refractivity contribution in [2.24, 2.45) is 0 Å². The fourth-order valence-electron chi connectivity index (χ4n) is 2.79. The molecule has 0 atom stereocenters. The molecule has 0 radical (unpaired) electrons. The highest BCUT2D eigenvalue weighted by Crippen LogP contribution is 2.17. The fraction of sp³-hybridized carbons (Fsp3) is 0.526. The fourth-order valence-corrected chi connectivity index (χ4v) is 3.80. The monoisotopic (exact) mass is 363 g/mol. The summed E-state index contributed by atoms with van der Waals surface area (Å²) >= 11 is 0. The predicted octanol–water partition coefficient (Wildman–Crippen LogP) is 3.42. The smallest absolute Gasteiger partial charge is 0.227 e. The van der Waals surface area contributed by atoms with Crippen molar-refractivity contribution in [3.8, 4) is 0 Å². The highest BCUT2D eigenvalue weighted by Gasteiger charge is 2.21. The minimum atomic E-state index is -3.30. The Hall–Kier alpha value is -1.66. The lowest BCUT2D eigenvalue weighted by atomic mass is 10.1. The normalized spacial score (nSPS) is 12.0. The largest absolute Gasteiger partial charge is 0.318 e. The minimum Gasteiger partial charge on any atom is -0.318 e. The van der Waals surface area contributed by atoms with E-state index in [1.807, 2.05) is 11.6 Å². The maximum absolute atomic E-state index is 12.3. The lowest BCUT2D eigenvalue weighted by Crippen LogP contribution is -2.21. The number of rotatable bonds is 9. The molecule has 0 aliphatic carbocycles. The van der Waals surface area contributed by atoms with Crippen LogP contribution < -0.4 is 0 Å². The van der Waals surface area contributed by atoms with Gasteiger partial charge in [-0.3, -0.25) is 4.90 Å². The summed E-state index contributed by atoms with van der Waals surface area (Å²) < 4.78 is 26.5. The van der Waals surface area contributed by atoms with Crippen molar-refractivity contribution in [3.63, 3.8) is 0 Å². The molecule has 0 aliphatic heterocycles. The summed E-state index contributed by atoms with van der Waals surface area (Å²) in [6.45, 7) is 8.03. The van der Waals surface area contributed by atoms with Crippen molar-refractivity contribution >= 4 is 9.84 Å². The van der Waals surface area contributed by atoms with E-state index in [2.05, 4.69) is 48.0 Å². The number of aromatic nitrogens is 2. The highest BCUT2D eigenvalue weighted by molar-refractivity contribution is 7.91. The van der Waals surface area contributed by atoms with Crippen LogP contribution >= 0.6 is 0 Å². The first-order valence-electron chi connectivity index (χ1n) is 8.88. The zero-order valence-corrected chi connectivity index (χ0v) is 16.5. The van der Waals surface area contributed by atoms with Crippen molar-refractivity contribution in [1.82, 2.24) is 14.5 Å². The van der Waals surface area contributed by atoms with Gasteiger partial charge in [-0.25, -0.2) is 13.4 Å². The van der Waals surface area contributed by atoms with Crippen LogP contribution in [0.15, 0.2) is 35.6 Å². The van der Waals surface area contributed by atoms with Crippen LogP contribution in [0.1, 0.15) is 43.5 Å². The van der Waals surface area contributed by atoms with Crippen LogP contribution in [0.2, 0.25) is 0 Å². The summed E-state index contributed by atoms with van der Waals surface area (Å²) in [6, 6.07) is 8.49. The predicted molar refractivity (Wildman–Crippen MR) is 101 cm³/mol. The van der Waals surface area contributed by atoms with Gasteiger partial charge in [-0.05, 0) is 26.0 Å². The van der Waals surface area contributed by atoms with Gasteiger partial charge in [-0.2, -0.15) is 0 Å². The van der Waals surface area contributed by atoms with Gasteiger partial charge >= 0.3 is 0 Å². The van der Waals surface area contributed by atoms with Crippen LogP contribution in [0.25, 0.3) is 0 Å². The summed E-state index contributed by atoms with van der Waals surface area (Å²) in [5.74, 6) is 0.0782. The average molecular weight is 364 g/mol. The molecular formula is C19H29N3O2S. The van der Waals surface area contributed by atoms with Gasteiger partial charge in [0, 0.05) is 19.6 Å². The van der Waals surface area contributed by atoms with E-state index in [-0.39, 0.29) is 10.9 Å². The number of benzene rings is 1. The van der Waals surface area contributed by atoms with Gasteiger partial charge < -0.3 is 4.57 Å². The van der Waals surface area contributed by atoms with Gasteiger partial charge in [0.2, 0.25) is 15.0 Å². The second-order valence-electron chi connectivity index (χ2n) is 6.60. The molecule has 5 nitrogen and oxygen atoms in total. The minimum absolute atomic E-state index is 0.0782. The molecule has 2 rings (SSSR count). The van der Waals surface area contributed by atoms with E-state index in [0.29, 0.717) is 13.1 Å². The molecule has 0 fully saturated rings. The molecule has 1 aromatic carbocycles. The third-order valence-electron chi connectivity index (χ3n) is 4.30. The number of hydrogen-bond acceptors (Lipinski definition) is 4. The van der Waals surface area contributed by atoms with Crippen molar-refractivity contribution < 1.29 is 8.42 Å². The maximum atomic E-state index is 12.3. The van der Waals surface area contributed by atoms with Gasteiger partial charge in [0.05, 0.1) is 17.6 Å². The van der Waals surface area contributed by atoms with Gasteiger partial charge in [0.15, 0.2) is 0 Å². The topological polar surface area (TPSA) is 55.2 Å². The third kappa shape index (κ3) is 5.16. The molecule has 0 unspecified atom stereocenters. The third-order valence-corrected chi connectivity index (χ3v) is 5.94. The second kappa shape index (κ2) is 8.63. The standard InChI is InChI=1S/C19H29N3O2S/c1-5-7-12-22-18(13-20-19(22)25(23,24)6-2)15-21(4)14-17-10-8-16(3)9-11-17/h8-11,13H,5-7,12,14-15H2,1-4H3. The molecule has 2 aromatic rings. The van der Waals surface area contributed by atoms with Crippen LogP contribution in [0.3, 0.4) is 0 Å². The Bertz CT molecular complexity index is 780. The maximum Gasteiger partial charge on any atom is 0.227 e. The molecule has 0 saturated heterocycles. The Morgan fingerprint density at radius 1 is 1.12 bits per heavy atom. The Morgan fingerprint density at radius 3 is 2.40 bits per heavy atom. The number of sulfone groups is 1. The van der Waals surface area contributed by atoms with Crippen LogP contribution in [-0.4, -0.2) is 35.7 Å². The summed E-state index contributed by atoms with van der Waals surface area (Å²) in [5, 5.41) is 0.210. The van der Waals surface area contributed by atoms with Crippen LogP contribution in [0.4, 0.5) is 0 Å². The van der Waals surface area contributed by atoms with E-state index in [1.54, 1.807) is 13.1 Å². The lowest BCUT2D eigenvalue weighted by Gasteiger charge is -2.19. The first-order chi connectivity index (χ1) is 11.9. The molecule has 1 heterocycles. The van der Waals surface area contributed by atoms with Crippen LogP contribution in [0.5, 0.6) is 0 Å². The van der Waals surface area contributed by atoms with Crippen LogP contribution in [0, 0.1) is 6.92 Å². The zero-order chi connectivity index (χ0) is 18.4. The zero-order valence-electron chi connectivity index (χ0n) is 15.7. The number of hydrogen-bond donors (Lipinski definition) is 0. The molecule has 1 aromatic heterocycles. The number of nitrogens with zero attached hydrogens (tertiary/aromatic N) is 3. The summed E-state index contributed by atoms with van der Waals surface area (Å²) in [5.41, 5.74) is 3.45. The van der Waals surface area contributed by atoms with E-state index >= 15 is 0 Å². The van der Waals surface area contributed by atoms with Crippen molar-refractivity contribution in [2.45, 2.75) is 58.4 Å². The van der Waals surface area contributed by atoms with Crippen molar-refractivity contribution in [1.29, 1.82) is 0 Å². The number of aryl methyl sites for hydroxylation is 1. The van der Waals surface area contributed by atoms with E-state index in [1.165, 1.54) is 11.1 Å². The van der Waals surface area contributed by atoms with Gasteiger partial charge in [0.25, 0.3) is 0 Å². The molecule has 0 N–H and O–H groups in total. The molecule has 0 spiro atoms. The molecule has 0 bridgehead atoms. The summed E-state index contributed by atoms with van der Waals surface area (Å²) in [6.07, 6.45) is 3.67. The number of unbranched alkanes of at least 4 members (excludes halogenated alkanes) is 1. The average Bonchev–Trinajstić information content (AvgIpc) is 2.98. The molecule has 0 amide bonds. The molecule has 25 heavy (non-hydrogen) atoms. The highest BCUT2D eigenvalue weighted by atomic mass is 32.2. The quantitative estimate of drug-likeness (QED) is 0.685. The van der Waals surface area contributed by atoms with Gasteiger partial charge in [-0.15, -0.1) is 0 Å². The lowest BCUT2D eigenvalue weighted by molar-refractivity contribution is 0.307. The van der Waals surface area contributed by atoms with Gasteiger partial charge in [-0.1, -0.05) is 50.1 Å². The first-order valence-corrected chi connectivity index (χ1v) is 10.5. The Kier molecular flexibility index (Phi) is 6.79. The molecule has 0 aliphatic rings. The first kappa shape index (κ1) is 19.7. The molecular weight excluding hydrogens is 334 g/mol. The Morgan fingerprint density at radius 2 is 1.80 bits per heavy atom. The second-order valence-corrected chi connectivity index (χ2v) is 8.77. The van der Waals surface area contributed by atoms with E-state index in [4.69, 9.17) is 0 Å². The van der Waals surface area contributed by atoms with E-state index in [9.17, 15) is 8.42 Å². The number of imidazole rings is 1. The van der Waals surface area contributed by atoms with E-state index < -0.39 is 9.84 Å². The van der Waals surface area contributed by atoms with Crippen molar-refractivity contribution in [3.05, 3.63) is 47.3 Å². The Balaban J connectivity index is 2.18. The Labute approximate surface area is 151 Å². The molecule has 138 valence electrons. The van der Waals surface area contributed by atoms with Crippen molar-refractivity contribution in [2.75, 3.05) is 12.8 Å². The molecule has 0 saturated carbocycles. The van der Waals surface area contributed by atoms with E-state index in [0.717, 1.165) is 25.1 Å². The SMILES string of the molecule is CCCCn1c(CN(C)Cc2ccc(C)cc2)cnc1S(=O)(=O)CC.